The van der Waals surface area contributed by atoms with Crippen molar-refractivity contribution >= 4 is 74.2 Å². The third kappa shape index (κ3) is 4.48. The van der Waals surface area contributed by atoms with Crippen LogP contribution in [0.4, 0.5) is 5.69 Å². The van der Waals surface area contributed by atoms with E-state index in [9.17, 15) is 0 Å². The van der Waals surface area contributed by atoms with E-state index in [4.69, 9.17) is 41.2 Å². The summed E-state index contributed by atoms with van der Waals surface area (Å²) in [5, 5.41) is 9.63. The second-order valence-electron chi connectivity index (χ2n) is 8.29. The number of thiocarbonyl (C=S) groups is 1. The zero-order chi connectivity index (χ0) is 24.7. The number of hydrazone groups is 1. The van der Waals surface area contributed by atoms with Crippen LogP contribution in [-0.4, -0.2) is 20.9 Å². The van der Waals surface area contributed by atoms with E-state index in [2.05, 4.69) is 22.2 Å². The van der Waals surface area contributed by atoms with Gasteiger partial charge in [0.15, 0.2) is 5.11 Å². The normalized spacial score (nSPS) is 11.5. The van der Waals surface area contributed by atoms with Crippen LogP contribution >= 0.6 is 35.4 Å². The monoisotopic (exact) mass is 517 g/mol. The number of rotatable bonds is 4. The van der Waals surface area contributed by atoms with Crippen LogP contribution in [0.25, 0.3) is 27.5 Å². The van der Waals surface area contributed by atoms with E-state index in [1.807, 2.05) is 66.9 Å². The number of hydrogen-bond donors (Lipinski definition) is 1. The molecule has 0 saturated carbocycles. The maximum atomic E-state index is 6.21. The highest BCUT2D eigenvalue weighted by molar-refractivity contribution is 7.80. The van der Waals surface area contributed by atoms with E-state index in [0.717, 1.165) is 49.9 Å². The molecule has 0 aliphatic heterocycles. The highest BCUT2D eigenvalue weighted by Gasteiger charge is 2.14. The van der Waals surface area contributed by atoms with Gasteiger partial charge in [-0.25, -0.2) is 9.99 Å². The van der Waals surface area contributed by atoms with E-state index in [-0.39, 0.29) is 5.11 Å². The maximum Gasteiger partial charge on any atom is 0.191 e. The largest absolute Gasteiger partial charge is 0.374 e. The summed E-state index contributed by atoms with van der Waals surface area (Å²) in [6.07, 6.45) is 3.55. The van der Waals surface area contributed by atoms with E-state index in [0.29, 0.717) is 10.0 Å². The van der Waals surface area contributed by atoms with Crippen molar-refractivity contribution in [1.82, 2.24) is 9.55 Å². The summed E-state index contributed by atoms with van der Waals surface area (Å²) in [5.74, 6) is 0. The first-order chi connectivity index (χ1) is 16.8. The molecule has 1 aromatic heterocycles. The molecule has 0 atom stereocenters. The standard InChI is InChI=1S/C27H21Cl2N5S/c1-16-4-3-5-17(2)26(16)34(27(30)35)32-14-18-6-8-23-19(10-18)7-9-24-25(23)31-15-33(24)22-12-20(28)11-21(29)13-22/h3-15H,1-2H3,(H2,30,35)/b32-14+. The fraction of sp³-hybridized carbons (Fsp3) is 0.0741. The predicted molar refractivity (Wildman–Crippen MR) is 151 cm³/mol. The number of aromatic nitrogens is 2. The summed E-state index contributed by atoms with van der Waals surface area (Å²) >= 11 is 17.7. The van der Waals surface area contributed by atoms with Crippen molar-refractivity contribution < 1.29 is 0 Å². The van der Waals surface area contributed by atoms with Gasteiger partial charge in [-0.05, 0) is 78.5 Å². The molecule has 1 heterocycles. The molecule has 0 amide bonds. The van der Waals surface area contributed by atoms with Crippen molar-refractivity contribution in [3.05, 3.63) is 99.8 Å². The number of hydrogen-bond acceptors (Lipinski definition) is 3. The Morgan fingerprint density at radius 3 is 2.40 bits per heavy atom. The van der Waals surface area contributed by atoms with Crippen LogP contribution in [0.2, 0.25) is 10.0 Å². The molecule has 5 nitrogen and oxygen atoms in total. The van der Waals surface area contributed by atoms with Gasteiger partial charge in [-0.1, -0.05) is 59.6 Å². The highest BCUT2D eigenvalue weighted by Crippen LogP contribution is 2.29. The number of nitrogens with two attached hydrogens (primary N) is 1. The van der Waals surface area contributed by atoms with Crippen LogP contribution in [0.5, 0.6) is 0 Å². The lowest BCUT2D eigenvalue weighted by molar-refractivity contribution is 1.09. The number of aryl methyl sites for hydroxylation is 2. The molecule has 8 heteroatoms. The number of imidazole rings is 1. The molecule has 5 rings (SSSR count). The van der Waals surface area contributed by atoms with Gasteiger partial charge in [0.05, 0.1) is 28.6 Å². The fourth-order valence-electron chi connectivity index (χ4n) is 4.28. The summed E-state index contributed by atoms with van der Waals surface area (Å²) in [6.45, 7) is 4.03. The molecule has 0 unspecified atom stereocenters. The molecule has 35 heavy (non-hydrogen) atoms. The second-order valence-corrected chi connectivity index (χ2v) is 9.58. The number of nitrogens with zero attached hydrogens (tertiary/aromatic N) is 4. The minimum absolute atomic E-state index is 0.188. The summed E-state index contributed by atoms with van der Waals surface area (Å²) < 4.78 is 1.98. The van der Waals surface area contributed by atoms with Gasteiger partial charge >= 0.3 is 0 Å². The van der Waals surface area contributed by atoms with E-state index >= 15 is 0 Å². The molecule has 0 saturated heterocycles. The number of halogens is 2. The first-order valence-corrected chi connectivity index (χ1v) is 12.0. The second kappa shape index (κ2) is 9.30. The summed E-state index contributed by atoms with van der Waals surface area (Å²) in [6, 6.07) is 21.7. The first kappa shape index (κ1) is 23.3. The van der Waals surface area contributed by atoms with E-state index in [1.54, 1.807) is 23.6 Å². The smallest absolute Gasteiger partial charge is 0.191 e. The summed E-state index contributed by atoms with van der Waals surface area (Å²) in [5.41, 5.74) is 12.6. The summed E-state index contributed by atoms with van der Waals surface area (Å²) in [4.78, 5) is 4.67. The Bertz CT molecular complexity index is 1600. The Labute approximate surface area is 218 Å². The predicted octanol–water partition coefficient (Wildman–Crippen LogP) is 7.19. The Balaban J connectivity index is 1.53. The van der Waals surface area contributed by atoms with Crippen LogP contribution in [0.1, 0.15) is 16.7 Å². The molecule has 0 bridgehead atoms. The van der Waals surface area contributed by atoms with Crippen molar-refractivity contribution in [2.75, 3.05) is 5.01 Å². The average Bonchev–Trinajstić information content (AvgIpc) is 3.24. The molecule has 4 aromatic carbocycles. The van der Waals surface area contributed by atoms with Crippen LogP contribution in [0.3, 0.4) is 0 Å². The van der Waals surface area contributed by atoms with Gasteiger partial charge in [0.2, 0.25) is 0 Å². The minimum Gasteiger partial charge on any atom is -0.374 e. The van der Waals surface area contributed by atoms with Gasteiger partial charge in [0.25, 0.3) is 0 Å². The van der Waals surface area contributed by atoms with Crippen LogP contribution in [0, 0.1) is 13.8 Å². The van der Waals surface area contributed by atoms with Gasteiger partial charge < -0.3 is 5.73 Å². The molecule has 2 N–H and O–H groups in total. The third-order valence-corrected chi connectivity index (χ3v) is 6.47. The molecular formula is C27H21Cl2N5S. The lowest BCUT2D eigenvalue weighted by Crippen LogP contribution is -2.32. The maximum absolute atomic E-state index is 6.21. The number of anilines is 1. The number of para-hydroxylation sites is 1. The van der Waals surface area contributed by atoms with E-state index in [1.165, 1.54) is 0 Å². The Morgan fingerprint density at radius 1 is 1.00 bits per heavy atom. The Hall–Kier alpha value is -3.45. The van der Waals surface area contributed by atoms with Crippen molar-refractivity contribution in [2.45, 2.75) is 13.8 Å². The number of fused-ring (bicyclic) bond motifs is 3. The zero-order valence-electron chi connectivity index (χ0n) is 19.0. The molecule has 174 valence electrons. The highest BCUT2D eigenvalue weighted by atomic mass is 35.5. The quantitative estimate of drug-likeness (QED) is 0.156. The van der Waals surface area contributed by atoms with Gasteiger partial charge in [-0.3, -0.25) is 4.57 Å². The minimum atomic E-state index is 0.188. The number of benzene rings is 4. The van der Waals surface area contributed by atoms with Gasteiger partial charge in [0, 0.05) is 15.4 Å². The first-order valence-electron chi connectivity index (χ1n) is 10.9. The molecule has 0 fully saturated rings. The van der Waals surface area contributed by atoms with Crippen molar-refractivity contribution in [3.63, 3.8) is 0 Å². The molecule has 0 aliphatic carbocycles. The topological polar surface area (TPSA) is 59.4 Å². The third-order valence-electron chi connectivity index (χ3n) is 5.86. The van der Waals surface area contributed by atoms with Gasteiger partial charge in [-0.15, -0.1) is 0 Å². The molecule has 0 radical (unpaired) electrons. The van der Waals surface area contributed by atoms with E-state index < -0.39 is 0 Å². The van der Waals surface area contributed by atoms with Crippen molar-refractivity contribution in [3.8, 4) is 5.69 Å². The molecule has 0 spiro atoms. The van der Waals surface area contributed by atoms with Crippen LogP contribution in [-0.2, 0) is 0 Å². The zero-order valence-corrected chi connectivity index (χ0v) is 21.4. The fourth-order valence-corrected chi connectivity index (χ4v) is 4.93. The van der Waals surface area contributed by atoms with Crippen LogP contribution in [0.15, 0.2) is 78.2 Å². The lowest BCUT2D eigenvalue weighted by Gasteiger charge is -2.21. The van der Waals surface area contributed by atoms with Crippen molar-refractivity contribution in [2.24, 2.45) is 10.8 Å². The average molecular weight is 518 g/mol. The Morgan fingerprint density at radius 2 is 1.71 bits per heavy atom. The van der Waals surface area contributed by atoms with Gasteiger partial charge in [-0.2, -0.15) is 5.10 Å². The molecule has 0 aliphatic rings. The molecular weight excluding hydrogens is 497 g/mol. The van der Waals surface area contributed by atoms with Crippen molar-refractivity contribution in [1.29, 1.82) is 0 Å². The SMILES string of the molecule is Cc1cccc(C)c1N(/N=C/c1ccc2c(ccc3c2ncn3-c2cc(Cl)cc(Cl)c2)c1)C(N)=S. The summed E-state index contributed by atoms with van der Waals surface area (Å²) in [7, 11) is 0. The lowest BCUT2D eigenvalue weighted by atomic mass is 10.1. The van der Waals surface area contributed by atoms with Crippen LogP contribution < -0.4 is 10.7 Å². The van der Waals surface area contributed by atoms with Gasteiger partial charge in [0.1, 0.15) is 6.33 Å². The Kier molecular flexibility index (Phi) is 6.19. The molecule has 5 aromatic rings.